The van der Waals surface area contributed by atoms with E-state index in [9.17, 15) is 13.2 Å². The molecule has 1 N–H and O–H groups in total. The van der Waals surface area contributed by atoms with Crippen LogP contribution in [0.4, 0.5) is 18.2 Å². The van der Waals surface area contributed by atoms with Crippen LogP contribution in [0, 0.1) is 6.92 Å². The number of halogens is 3. The van der Waals surface area contributed by atoms with E-state index in [2.05, 4.69) is 15.3 Å². The maximum Gasteiger partial charge on any atom is 0.405 e. The van der Waals surface area contributed by atoms with E-state index >= 15 is 0 Å². The highest BCUT2D eigenvalue weighted by Gasteiger charge is 2.27. The van der Waals surface area contributed by atoms with Crippen LogP contribution in [0.15, 0.2) is 24.5 Å². The van der Waals surface area contributed by atoms with Gasteiger partial charge in [-0.15, -0.1) is 0 Å². The average Bonchev–Trinajstić information content (AvgIpc) is 2.68. The lowest BCUT2D eigenvalue weighted by Crippen LogP contribution is -2.21. The fourth-order valence-electron chi connectivity index (χ4n) is 1.35. The first-order valence-corrected chi connectivity index (χ1v) is 5.96. The predicted molar refractivity (Wildman–Crippen MR) is 64.6 cm³/mol. The van der Waals surface area contributed by atoms with Crippen molar-refractivity contribution in [1.82, 2.24) is 9.97 Å². The molecular formula is C11H10F3N3S. The predicted octanol–water partition coefficient (Wildman–Crippen LogP) is 3.49. The highest BCUT2D eigenvalue weighted by atomic mass is 32.1. The standard InChI is InChI=1S/C11H10F3N3S/c1-7-9(16-6-11(12,13)14)18-10(17-7)8-3-2-4-15-5-8/h2-5,16H,6H2,1H3. The summed E-state index contributed by atoms with van der Waals surface area (Å²) in [5.74, 6) is 0. The van der Waals surface area contributed by atoms with Crippen molar-refractivity contribution in [2.24, 2.45) is 0 Å². The molecule has 2 rings (SSSR count). The zero-order valence-electron chi connectivity index (χ0n) is 9.45. The van der Waals surface area contributed by atoms with Gasteiger partial charge in [0, 0.05) is 18.0 Å². The molecule has 0 unspecified atom stereocenters. The zero-order valence-corrected chi connectivity index (χ0v) is 10.3. The summed E-state index contributed by atoms with van der Waals surface area (Å²) in [6.45, 7) is 0.623. The van der Waals surface area contributed by atoms with Crippen LogP contribution in [-0.4, -0.2) is 22.7 Å². The molecule has 0 atom stereocenters. The molecule has 3 nitrogen and oxygen atoms in total. The summed E-state index contributed by atoms with van der Waals surface area (Å²) in [6, 6.07) is 3.58. The Bertz CT molecular complexity index is 522. The molecule has 0 fully saturated rings. The second kappa shape index (κ2) is 4.93. The highest BCUT2D eigenvalue weighted by Crippen LogP contribution is 2.31. The lowest BCUT2D eigenvalue weighted by Gasteiger charge is -2.07. The van der Waals surface area contributed by atoms with Gasteiger partial charge in [0.15, 0.2) is 0 Å². The van der Waals surface area contributed by atoms with Crippen LogP contribution >= 0.6 is 11.3 Å². The molecule has 0 aromatic carbocycles. The van der Waals surface area contributed by atoms with Gasteiger partial charge in [0.2, 0.25) is 0 Å². The maximum absolute atomic E-state index is 12.1. The molecule has 18 heavy (non-hydrogen) atoms. The minimum absolute atomic E-state index is 0.436. The second-order valence-electron chi connectivity index (χ2n) is 3.64. The highest BCUT2D eigenvalue weighted by molar-refractivity contribution is 7.19. The second-order valence-corrected chi connectivity index (χ2v) is 4.64. The number of pyridine rings is 1. The molecule has 0 saturated carbocycles. The SMILES string of the molecule is Cc1nc(-c2cccnc2)sc1NCC(F)(F)F. The monoisotopic (exact) mass is 273 g/mol. The van der Waals surface area contributed by atoms with Crippen LogP contribution in [0.1, 0.15) is 5.69 Å². The molecule has 7 heteroatoms. The van der Waals surface area contributed by atoms with E-state index in [-0.39, 0.29) is 0 Å². The van der Waals surface area contributed by atoms with Crippen LogP contribution in [0.25, 0.3) is 10.6 Å². The summed E-state index contributed by atoms with van der Waals surface area (Å²) in [6.07, 6.45) is -0.969. The van der Waals surface area contributed by atoms with E-state index in [4.69, 9.17) is 0 Å². The van der Waals surface area contributed by atoms with Crippen molar-refractivity contribution in [1.29, 1.82) is 0 Å². The number of anilines is 1. The third-order valence-electron chi connectivity index (χ3n) is 2.15. The summed E-state index contributed by atoms with van der Waals surface area (Å²) in [7, 11) is 0. The van der Waals surface area contributed by atoms with E-state index in [1.807, 2.05) is 6.07 Å². The Hall–Kier alpha value is -1.63. The van der Waals surface area contributed by atoms with Crippen LogP contribution in [0.5, 0.6) is 0 Å². The van der Waals surface area contributed by atoms with Crippen molar-refractivity contribution >= 4 is 16.3 Å². The molecule has 0 aliphatic rings. The Morgan fingerprint density at radius 2 is 2.17 bits per heavy atom. The van der Waals surface area contributed by atoms with Crippen molar-refractivity contribution < 1.29 is 13.2 Å². The Morgan fingerprint density at radius 3 is 2.78 bits per heavy atom. The average molecular weight is 273 g/mol. The molecule has 0 bridgehead atoms. The van der Waals surface area contributed by atoms with Gasteiger partial charge in [-0.25, -0.2) is 4.98 Å². The minimum atomic E-state index is -4.23. The number of hydrogen-bond donors (Lipinski definition) is 1. The summed E-state index contributed by atoms with van der Waals surface area (Å²) in [5, 5.41) is 3.45. The van der Waals surface area contributed by atoms with Crippen LogP contribution < -0.4 is 5.32 Å². The number of thiazole rings is 1. The number of alkyl halides is 3. The Kier molecular flexibility index (Phi) is 3.51. The van der Waals surface area contributed by atoms with Crippen molar-refractivity contribution in [2.45, 2.75) is 13.1 Å². The van der Waals surface area contributed by atoms with Crippen molar-refractivity contribution in [3.8, 4) is 10.6 Å². The number of rotatable bonds is 3. The van der Waals surface area contributed by atoms with Gasteiger partial charge in [-0.3, -0.25) is 4.98 Å². The molecule has 0 aliphatic carbocycles. The molecule has 0 aliphatic heterocycles. The van der Waals surface area contributed by atoms with E-state index in [0.29, 0.717) is 15.7 Å². The van der Waals surface area contributed by atoms with E-state index in [0.717, 1.165) is 5.56 Å². The molecule has 0 radical (unpaired) electrons. The third kappa shape index (κ3) is 3.19. The van der Waals surface area contributed by atoms with Crippen LogP contribution in [0.2, 0.25) is 0 Å². The Balaban J connectivity index is 2.17. The topological polar surface area (TPSA) is 37.8 Å². The lowest BCUT2D eigenvalue weighted by atomic mass is 10.3. The van der Waals surface area contributed by atoms with Gasteiger partial charge >= 0.3 is 6.18 Å². The Morgan fingerprint density at radius 1 is 1.39 bits per heavy atom. The van der Waals surface area contributed by atoms with E-state index in [1.165, 1.54) is 11.3 Å². The first-order valence-electron chi connectivity index (χ1n) is 5.14. The minimum Gasteiger partial charge on any atom is -0.367 e. The lowest BCUT2D eigenvalue weighted by molar-refractivity contribution is -0.115. The molecule has 96 valence electrons. The smallest absolute Gasteiger partial charge is 0.367 e. The summed E-state index contributed by atoms with van der Waals surface area (Å²) < 4.78 is 36.3. The molecule has 2 aromatic rings. The van der Waals surface area contributed by atoms with Gasteiger partial charge in [0.25, 0.3) is 0 Å². The fourth-order valence-corrected chi connectivity index (χ4v) is 2.31. The number of aromatic nitrogens is 2. The third-order valence-corrected chi connectivity index (χ3v) is 3.32. The molecule has 0 spiro atoms. The zero-order chi connectivity index (χ0) is 13.2. The van der Waals surface area contributed by atoms with Crippen LogP contribution in [-0.2, 0) is 0 Å². The number of nitrogens with zero attached hydrogens (tertiary/aromatic N) is 2. The number of hydrogen-bond acceptors (Lipinski definition) is 4. The van der Waals surface area contributed by atoms with Gasteiger partial charge in [-0.1, -0.05) is 11.3 Å². The van der Waals surface area contributed by atoms with Gasteiger partial charge < -0.3 is 5.32 Å². The van der Waals surface area contributed by atoms with Crippen molar-refractivity contribution in [2.75, 3.05) is 11.9 Å². The molecule has 0 saturated heterocycles. The van der Waals surface area contributed by atoms with E-state index < -0.39 is 12.7 Å². The van der Waals surface area contributed by atoms with Gasteiger partial charge in [-0.05, 0) is 19.1 Å². The summed E-state index contributed by atoms with van der Waals surface area (Å²) >= 11 is 1.19. The number of nitrogens with one attached hydrogen (secondary N) is 1. The largest absolute Gasteiger partial charge is 0.405 e. The van der Waals surface area contributed by atoms with Gasteiger partial charge in [0.05, 0.1) is 5.69 Å². The van der Waals surface area contributed by atoms with E-state index in [1.54, 1.807) is 25.4 Å². The van der Waals surface area contributed by atoms with Gasteiger partial charge in [0.1, 0.15) is 16.6 Å². The number of aryl methyl sites for hydroxylation is 1. The fraction of sp³-hybridized carbons (Fsp3) is 0.273. The first kappa shape index (κ1) is 12.8. The molecule has 2 aromatic heterocycles. The van der Waals surface area contributed by atoms with Gasteiger partial charge in [-0.2, -0.15) is 13.2 Å². The van der Waals surface area contributed by atoms with Crippen LogP contribution in [0.3, 0.4) is 0 Å². The molecular weight excluding hydrogens is 263 g/mol. The summed E-state index contributed by atoms with van der Waals surface area (Å²) in [4.78, 5) is 8.18. The molecule has 0 amide bonds. The first-order chi connectivity index (χ1) is 8.46. The van der Waals surface area contributed by atoms with Crippen molar-refractivity contribution in [3.05, 3.63) is 30.2 Å². The molecule has 2 heterocycles. The van der Waals surface area contributed by atoms with Crippen molar-refractivity contribution in [3.63, 3.8) is 0 Å². The quantitative estimate of drug-likeness (QED) is 0.930. The maximum atomic E-state index is 12.1. The Labute approximate surface area is 106 Å². The normalized spacial score (nSPS) is 11.6. The summed E-state index contributed by atoms with van der Waals surface area (Å²) in [5.41, 5.74) is 1.36.